The van der Waals surface area contributed by atoms with Crippen molar-refractivity contribution in [3.63, 3.8) is 0 Å². The molecule has 25 heavy (non-hydrogen) atoms. The fourth-order valence-electron chi connectivity index (χ4n) is 3.47. The molecule has 1 aromatic rings. The molecule has 6 heteroatoms. The van der Waals surface area contributed by atoms with Crippen molar-refractivity contribution in [2.45, 2.75) is 44.6 Å². The Kier molecular flexibility index (Phi) is 4.51. The summed E-state index contributed by atoms with van der Waals surface area (Å²) in [4.78, 5) is 26.6. The molecule has 0 spiro atoms. The van der Waals surface area contributed by atoms with Crippen LogP contribution in [0.1, 0.15) is 37.7 Å². The van der Waals surface area contributed by atoms with Crippen molar-refractivity contribution in [1.29, 1.82) is 0 Å². The fraction of sp³-hybridized carbons (Fsp3) is 0.579. The summed E-state index contributed by atoms with van der Waals surface area (Å²) in [5.41, 5.74) is 1.07. The van der Waals surface area contributed by atoms with Gasteiger partial charge in [-0.3, -0.25) is 9.59 Å². The zero-order valence-electron chi connectivity index (χ0n) is 14.3. The van der Waals surface area contributed by atoms with Crippen molar-refractivity contribution in [3.8, 4) is 11.5 Å². The second kappa shape index (κ2) is 6.94. The second-order valence-corrected chi connectivity index (χ2v) is 7.15. The summed E-state index contributed by atoms with van der Waals surface area (Å²) in [6.07, 6.45) is 5.10. The van der Waals surface area contributed by atoms with E-state index in [0.29, 0.717) is 25.4 Å². The van der Waals surface area contributed by atoms with Gasteiger partial charge in [-0.25, -0.2) is 0 Å². The van der Waals surface area contributed by atoms with Gasteiger partial charge in [-0.2, -0.15) is 0 Å². The number of aryl methyl sites for hydroxylation is 1. The van der Waals surface area contributed by atoms with Gasteiger partial charge in [-0.05, 0) is 49.8 Å². The van der Waals surface area contributed by atoms with Gasteiger partial charge in [0.05, 0.1) is 5.92 Å². The van der Waals surface area contributed by atoms with Gasteiger partial charge in [-0.1, -0.05) is 6.07 Å². The Hall–Kier alpha value is -2.24. The summed E-state index contributed by atoms with van der Waals surface area (Å²) < 4.78 is 10.7. The van der Waals surface area contributed by atoms with Crippen LogP contribution in [-0.2, 0) is 16.0 Å². The lowest BCUT2D eigenvalue weighted by atomic mass is 9.96. The molecular weight excluding hydrogens is 320 g/mol. The van der Waals surface area contributed by atoms with Gasteiger partial charge in [0, 0.05) is 25.6 Å². The lowest BCUT2D eigenvalue weighted by Gasteiger charge is -2.32. The van der Waals surface area contributed by atoms with E-state index in [9.17, 15) is 9.59 Å². The molecule has 2 amide bonds. The maximum Gasteiger partial charge on any atom is 0.231 e. The first-order valence-corrected chi connectivity index (χ1v) is 9.16. The van der Waals surface area contributed by atoms with Gasteiger partial charge in [0.15, 0.2) is 11.5 Å². The zero-order valence-corrected chi connectivity index (χ0v) is 14.3. The van der Waals surface area contributed by atoms with Gasteiger partial charge < -0.3 is 19.7 Å². The standard InChI is InChI=1S/C19H24N2O4/c22-18(8-4-13-3-7-16-17(10-13)25-12-24-16)21-9-1-2-14(11-21)19(23)20-15-5-6-15/h3,7,10,14-15H,1-2,4-6,8-9,11-12H2,(H,20,23)/t14-/m1/s1. The van der Waals surface area contributed by atoms with Crippen molar-refractivity contribution in [3.05, 3.63) is 23.8 Å². The van der Waals surface area contributed by atoms with Crippen LogP contribution in [-0.4, -0.2) is 42.6 Å². The van der Waals surface area contributed by atoms with Crippen LogP contribution >= 0.6 is 0 Å². The molecule has 6 nitrogen and oxygen atoms in total. The van der Waals surface area contributed by atoms with E-state index in [0.717, 1.165) is 49.3 Å². The highest BCUT2D eigenvalue weighted by molar-refractivity contribution is 5.81. The summed E-state index contributed by atoms with van der Waals surface area (Å²) in [6, 6.07) is 6.19. The molecule has 1 atom stereocenters. The molecule has 1 saturated heterocycles. The number of fused-ring (bicyclic) bond motifs is 1. The minimum Gasteiger partial charge on any atom is -0.454 e. The first-order chi connectivity index (χ1) is 12.2. The number of rotatable bonds is 5. The number of carbonyl (C=O) groups excluding carboxylic acids is 2. The number of nitrogens with zero attached hydrogens (tertiary/aromatic N) is 1. The SMILES string of the molecule is O=C(NC1CC1)[C@@H]1CCCN(C(=O)CCc2ccc3c(c2)OCO3)C1. The lowest BCUT2D eigenvalue weighted by Crippen LogP contribution is -2.45. The van der Waals surface area contributed by atoms with Crippen LogP contribution in [0.3, 0.4) is 0 Å². The quantitative estimate of drug-likeness (QED) is 0.885. The van der Waals surface area contributed by atoms with E-state index >= 15 is 0 Å². The number of piperidine rings is 1. The fourth-order valence-corrected chi connectivity index (χ4v) is 3.47. The molecule has 1 aliphatic carbocycles. The molecule has 0 bridgehead atoms. The van der Waals surface area contributed by atoms with E-state index in [1.165, 1.54) is 0 Å². The highest BCUT2D eigenvalue weighted by Gasteiger charge is 2.31. The maximum atomic E-state index is 12.5. The van der Waals surface area contributed by atoms with Crippen molar-refractivity contribution in [2.75, 3.05) is 19.9 Å². The molecule has 2 fully saturated rings. The first kappa shape index (κ1) is 16.2. The third-order valence-electron chi connectivity index (χ3n) is 5.13. The van der Waals surface area contributed by atoms with E-state index in [2.05, 4.69) is 5.32 Å². The second-order valence-electron chi connectivity index (χ2n) is 7.15. The number of likely N-dealkylation sites (tertiary alicyclic amines) is 1. The zero-order chi connectivity index (χ0) is 17.2. The summed E-state index contributed by atoms with van der Waals surface area (Å²) in [7, 11) is 0. The van der Waals surface area contributed by atoms with Crippen LogP contribution in [0.25, 0.3) is 0 Å². The third kappa shape index (κ3) is 3.89. The highest BCUT2D eigenvalue weighted by atomic mass is 16.7. The smallest absolute Gasteiger partial charge is 0.231 e. The topological polar surface area (TPSA) is 67.9 Å². The van der Waals surface area contributed by atoms with Crippen molar-refractivity contribution < 1.29 is 19.1 Å². The largest absolute Gasteiger partial charge is 0.454 e. The molecule has 3 aliphatic rings. The number of ether oxygens (including phenoxy) is 2. The molecule has 0 radical (unpaired) electrons. The number of hydrogen-bond donors (Lipinski definition) is 1. The Bertz CT molecular complexity index is 671. The third-order valence-corrected chi connectivity index (χ3v) is 5.13. The Morgan fingerprint density at radius 1 is 1.16 bits per heavy atom. The number of benzene rings is 1. The minimum atomic E-state index is -0.0520. The molecule has 1 saturated carbocycles. The molecule has 134 valence electrons. The molecule has 0 unspecified atom stereocenters. The van der Waals surface area contributed by atoms with E-state index < -0.39 is 0 Å². The number of nitrogens with one attached hydrogen (secondary N) is 1. The predicted molar refractivity (Wildman–Crippen MR) is 91.4 cm³/mol. The lowest BCUT2D eigenvalue weighted by molar-refractivity contribution is -0.135. The molecule has 1 N–H and O–H groups in total. The number of amides is 2. The maximum absolute atomic E-state index is 12.5. The highest BCUT2D eigenvalue weighted by Crippen LogP contribution is 2.32. The summed E-state index contributed by atoms with van der Waals surface area (Å²) in [6.45, 7) is 1.57. The number of hydrogen-bond acceptors (Lipinski definition) is 4. The van der Waals surface area contributed by atoms with Crippen LogP contribution in [0.15, 0.2) is 18.2 Å². The molecular formula is C19H24N2O4. The average molecular weight is 344 g/mol. The molecule has 1 aromatic carbocycles. The average Bonchev–Trinajstić information content (AvgIpc) is 3.33. The summed E-state index contributed by atoms with van der Waals surface area (Å²) in [5.74, 6) is 1.71. The normalized spacial score (nSPS) is 21.9. The summed E-state index contributed by atoms with van der Waals surface area (Å²) in [5, 5.41) is 3.06. The minimum absolute atomic E-state index is 0.0520. The van der Waals surface area contributed by atoms with Crippen LogP contribution in [0, 0.1) is 5.92 Å². The van der Waals surface area contributed by atoms with Crippen LogP contribution < -0.4 is 14.8 Å². The first-order valence-electron chi connectivity index (χ1n) is 9.16. The Labute approximate surface area is 147 Å². The van der Waals surface area contributed by atoms with Gasteiger partial charge >= 0.3 is 0 Å². The van der Waals surface area contributed by atoms with E-state index in [1.54, 1.807) is 0 Å². The summed E-state index contributed by atoms with van der Waals surface area (Å²) >= 11 is 0. The molecule has 0 aromatic heterocycles. The van der Waals surface area contributed by atoms with Crippen molar-refractivity contribution >= 4 is 11.8 Å². The monoisotopic (exact) mass is 344 g/mol. The van der Waals surface area contributed by atoms with E-state index in [4.69, 9.17) is 9.47 Å². The van der Waals surface area contributed by atoms with E-state index in [1.807, 2.05) is 23.1 Å². The number of carbonyl (C=O) groups is 2. The predicted octanol–water partition coefficient (Wildman–Crippen LogP) is 1.87. The van der Waals surface area contributed by atoms with E-state index in [-0.39, 0.29) is 24.5 Å². The van der Waals surface area contributed by atoms with Gasteiger partial charge in [0.2, 0.25) is 18.6 Å². The van der Waals surface area contributed by atoms with Crippen LogP contribution in [0.5, 0.6) is 11.5 Å². The van der Waals surface area contributed by atoms with Gasteiger partial charge in [-0.15, -0.1) is 0 Å². The van der Waals surface area contributed by atoms with Crippen molar-refractivity contribution in [2.24, 2.45) is 5.92 Å². The van der Waals surface area contributed by atoms with Crippen LogP contribution in [0.4, 0.5) is 0 Å². The molecule has 2 aliphatic heterocycles. The van der Waals surface area contributed by atoms with Gasteiger partial charge in [0.1, 0.15) is 0 Å². The Balaban J connectivity index is 1.29. The van der Waals surface area contributed by atoms with Crippen molar-refractivity contribution in [1.82, 2.24) is 10.2 Å². The Morgan fingerprint density at radius 2 is 2.00 bits per heavy atom. The van der Waals surface area contributed by atoms with Gasteiger partial charge in [0.25, 0.3) is 0 Å². The molecule has 4 rings (SSSR count). The van der Waals surface area contributed by atoms with Crippen LogP contribution in [0.2, 0.25) is 0 Å². The Morgan fingerprint density at radius 3 is 2.84 bits per heavy atom. The molecule has 2 heterocycles.